The Hall–Kier alpha value is -0.790. The molecular formula is C14H28IN5. The summed E-state index contributed by atoms with van der Waals surface area (Å²) < 4.78 is 1.91. The van der Waals surface area contributed by atoms with Gasteiger partial charge < -0.3 is 10.6 Å². The molecule has 0 saturated heterocycles. The number of aliphatic imine (C=N–C) groups is 1. The number of rotatable bonds is 8. The lowest BCUT2D eigenvalue weighted by Gasteiger charge is -2.11. The predicted molar refractivity (Wildman–Crippen MR) is 95.7 cm³/mol. The summed E-state index contributed by atoms with van der Waals surface area (Å²) in [6, 6.07) is 1.94. The molecule has 0 saturated carbocycles. The van der Waals surface area contributed by atoms with Crippen molar-refractivity contribution >= 4 is 29.9 Å². The normalized spacial score (nSPS) is 11.3. The van der Waals surface area contributed by atoms with Gasteiger partial charge in [0.2, 0.25) is 0 Å². The molecular weight excluding hydrogens is 365 g/mol. The summed E-state index contributed by atoms with van der Waals surface area (Å²) in [4.78, 5) is 4.57. The Morgan fingerprint density at radius 3 is 2.75 bits per heavy atom. The van der Waals surface area contributed by atoms with Crippen molar-refractivity contribution in [3.63, 3.8) is 0 Å². The Morgan fingerprint density at radius 2 is 2.15 bits per heavy atom. The number of hydrogen-bond donors (Lipinski definition) is 2. The van der Waals surface area contributed by atoms with E-state index in [9.17, 15) is 0 Å². The van der Waals surface area contributed by atoms with Gasteiger partial charge in [0.15, 0.2) is 5.96 Å². The van der Waals surface area contributed by atoms with Crippen molar-refractivity contribution in [3.05, 3.63) is 18.5 Å². The average Bonchev–Trinajstić information content (AvgIpc) is 2.87. The second-order valence-electron chi connectivity index (χ2n) is 4.99. The molecule has 1 rings (SSSR count). The number of halogens is 1. The van der Waals surface area contributed by atoms with Gasteiger partial charge in [-0.15, -0.1) is 24.0 Å². The van der Waals surface area contributed by atoms with Crippen LogP contribution in [0.3, 0.4) is 0 Å². The van der Waals surface area contributed by atoms with E-state index in [4.69, 9.17) is 0 Å². The smallest absolute Gasteiger partial charge is 0.191 e. The van der Waals surface area contributed by atoms with Gasteiger partial charge in [-0.25, -0.2) is 0 Å². The van der Waals surface area contributed by atoms with E-state index >= 15 is 0 Å². The summed E-state index contributed by atoms with van der Waals surface area (Å²) in [5.41, 5.74) is 0. The summed E-state index contributed by atoms with van der Waals surface area (Å²) in [6.45, 7) is 10.0. The molecule has 0 unspecified atom stereocenters. The standard InChI is InChI=1S/C14H27N5.HI/c1-4-15-14(16-8-5-7-13(2)3)17-10-12-19-11-6-9-18-19;/h6,9,11,13H,4-5,7-8,10,12H2,1-3H3,(H2,15,16,17);1H. The Kier molecular flexibility index (Phi) is 11.5. The molecule has 6 heteroatoms. The van der Waals surface area contributed by atoms with Gasteiger partial charge in [-0.3, -0.25) is 9.67 Å². The number of guanidine groups is 1. The van der Waals surface area contributed by atoms with Gasteiger partial charge in [-0.1, -0.05) is 13.8 Å². The van der Waals surface area contributed by atoms with E-state index in [1.165, 1.54) is 6.42 Å². The molecule has 0 radical (unpaired) electrons. The zero-order valence-corrected chi connectivity index (χ0v) is 15.1. The predicted octanol–water partition coefficient (Wildman–Crippen LogP) is 2.49. The van der Waals surface area contributed by atoms with Crippen molar-refractivity contribution in [1.82, 2.24) is 20.4 Å². The molecule has 0 amide bonds. The first-order valence-corrected chi connectivity index (χ1v) is 7.22. The molecule has 5 nitrogen and oxygen atoms in total. The third-order valence-electron chi connectivity index (χ3n) is 2.75. The molecule has 1 aromatic rings. The van der Waals surface area contributed by atoms with Crippen molar-refractivity contribution in [2.24, 2.45) is 10.9 Å². The zero-order chi connectivity index (χ0) is 13.9. The molecule has 0 spiro atoms. The van der Waals surface area contributed by atoms with E-state index < -0.39 is 0 Å². The van der Waals surface area contributed by atoms with Crippen LogP contribution in [-0.2, 0) is 6.54 Å². The van der Waals surface area contributed by atoms with Gasteiger partial charge >= 0.3 is 0 Å². The van der Waals surface area contributed by atoms with E-state index in [-0.39, 0.29) is 24.0 Å². The fourth-order valence-electron chi connectivity index (χ4n) is 1.75. The van der Waals surface area contributed by atoms with Gasteiger partial charge in [0.1, 0.15) is 0 Å². The van der Waals surface area contributed by atoms with E-state index in [2.05, 4.69) is 41.5 Å². The summed E-state index contributed by atoms with van der Waals surface area (Å²) in [7, 11) is 0. The SMILES string of the molecule is CCNC(=NCCCC(C)C)NCCn1cccn1.I. The minimum atomic E-state index is 0. The summed E-state index contributed by atoms with van der Waals surface area (Å²) >= 11 is 0. The molecule has 0 aliphatic carbocycles. The monoisotopic (exact) mass is 393 g/mol. The van der Waals surface area contributed by atoms with E-state index in [0.717, 1.165) is 44.5 Å². The zero-order valence-electron chi connectivity index (χ0n) is 12.8. The van der Waals surface area contributed by atoms with E-state index in [1.54, 1.807) is 6.20 Å². The molecule has 1 heterocycles. The minimum absolute atomic E-state index is 0. The first-order valence-electron chi connectivity index (χ1n) is 7.22. The lowest BCUT2D eigenvalue weighted by molar-refractivity contribution is 0.559. The minimum Gasteiger partial charge on any atom is -0.357 e. The molecule has 0 atom stereocenters. The number of nitrogens with zero attached hydrogens (tertiary/aromatic N) is 3. The van der Waals surface area contributed by atoms with Crippen molar-refractivity contribution in [2.45, 2.75) is 40.2 Å². The molecule has 1 aromatic heterocycles. The number of nitrogens with one attached hydrogen (secondary N) is 2. The largest absolute Gasteiger partial charge is 0.357 e. The first kappa shape index (κ1) is 19.2. The Morgan fingerprint density at radius 1 is 1.35 bits per heavy atom. The second kappa shape index (κ2) is 12.0. The third-order valence-corrected chi connectivity index (χ3v) is 2.75. The number of aromatic nitrogens is 2. The molecule has 0 aliphatic rings. The van der Waals surface area contributed by atoms with Crippen LogP contribution >= 0.6 is 24.0 Å². The highest BCUT2D eigenvalue weighted by atomic mass is 127. The highest BCUT2D eigenvalue weighted by Gasteiger charge is 1.98. The molecule has 20 heavy (non-hydrogen) atoms. The van der Waals surface area contributed by atoms with Crippen LogP contribution in [0.15, 0.2) is 23.5 Å². The Balaban J connectivity index is 0.00000361. The van der Waals surface area contributed by atoms with Gasteiger partial charge in [0.25, 0.3) is 0 Å². The summed E-state index contributed by atoms with van der Waals surface area (Å²) in [5, 5.41) is 10.8. The maximum atomic E-state index is 4.57. The molecule has 0 fully saturated rings. The van der Waals surface area contributed by atoms with Crippen LogP contribution in [0.25, 0.3) is 0 Å². The van der Waals surface area contributed by atoms with Crippen LogP contribution in [0.5, 0.6) is 0 Å². The number of hydrogen-bond acceptors (Lipinski definition) is 2. The fourth-order valence-corrected chi connectivity index (χ4v) is 1.75. The van der Waals surface area contributed by atoms with Crippen LogP contribution in [0, 0.1) is 5.92 Å². The quantitative estimate of drug-likeness (QED) is 0.309. The maximum absolute atomic E-state index is 4.57. The summed E-state index contributed by atoms with van der Waals surface area (Å²) in [5.74, 6) is 1.66. The van der Waals surface area contributed by atoms with Crippen molar-refractivity contribution in [1.29, 1.82) is 0 Å². The molecule has 0 bridgehead atoms. The molecule has 116 valence electrons. The third kappa shape index (κ3) is 9.17. The molecule has 0 aromatic carbocycles. The Labute approximate surface area is 139 Å². The van der Waals surface area contributed by atoms with Crippen molar-refractivity contribution < 1.29 is 0 Å². The van der Waals surface area contributed by atoms with Crippen LogP contribution < -0.4 is 10.6 Å². The maximum Gasteiger partial charge on any atom is 0.191 e. The van der Waals surface area contributed by atoms with Crippen LogP contribution in [0.2, 0.25) is 0 Å². The molecule has 2 N–H and O–H groups in total. The highest BCUT2D eigenvalue weighted by molar-refractivity contribution is 14.0. The first-order chi connectivity index (χ1) is 9.22. The lowest BCUT2D eigenvalue weighted by atomic mass is 10.1. The van der Waals surface area contributed by atoms with Crippen LogP contribution in [0.4, 0.5) is 0 Å². The van der Waals surface area contributed by atoms with Gasteiger partial charge in [0.05, 0.1) is 6.54 Å². The van der Waals surface area contributed by atoms with Crippen molar-refractivity contribution in [3.8, 4) is 0 Å². The highest BCUT2D eigenvalue weighted by Crippen LogP contribution is 2.02. The van der Waals surface area contributed by atoms with Gasteiger partial charge in [0, 0.05) is 32.0 Å². The van der Waals surface area contributed by atoms with E-state index in [1.807, 2.05) is 16.9 Å². The second-order valence-corrected chi connectivity index (χ2v) is 4.99. The summed E-state index contributed by atoms with van der Waals surface area (Å²) in [6.07, 6.45) is 6.14. The van der Waals surface area contributed by atoms with Crippen molar-refractivity contribution in [2.75, 3.05) is 19.6 Å². The van der Waals surface area contributed by atoms with Gasteiger partial charge in [-0.2, -0.15) is 5.10 Å². The van der Waals surface area contributed by atoms with E-state index in [0.29, 0.717) is 0 Å². The molecule has 0 aliphatic heterocycles. The van der Waals surface area contributed by atoms with Crippen LogP contribution in [0.1, 0.15) is 33.6 Å². The van der Waals surface area contributed by atoms with Gasteiger partial charge in [-0.05, 0) is 31.7 Å². The Bertz CT molecular complexity index is 348. The topological polar surface area (TPSA) is 54.2 Å². The average molecular weight is 393 g/mol. The lowest BCUT2D eigenvalue weighted by Crippen LogP contribution is -2.39. The fraction of sp³-hybridized carbons (Fsp3) is 0.714. The van der Waals surface area contributed by atoms with Crippen LogP contribution in [-0.4, -0.2) is 35.4 Å².